The molecule has 0 spiro atoms. The van der Waals surface area contributed by atoms with Crippen molar-refractivity contribution in [1.82, 2.24) is 0 Å². The zero-order valence-electron chi connectivity index (χ0n) is 21.1. The quantitative estimate of drug-likeness (QED) is 0.192. The Kier molecular flexibility index (Phi) is 11.1. The van der Waals surface area contributed by atoms with Gasteiger partial charge in [0, 0.05) is 0 Å². The van der Waals surface area contributed by atoms with Crippen molar-refractivity contribution in [3.63, 3.8) is 0 Å². The monoisotopic (exact) mass is 539 g/mol. The van der Waals surface area contributed by atoms with E-state index in [0.717, 1.165) is 36.7 Å². The molecule has 0 amide bonds. The molecule has 31 heavy (non-hydrogen) atoms. The third kappa shape index (κ3) is 7.15. The lowest BCUT2D eigenvalue weighted by molar-refractivity contribution is -0.909. The molecular weight excluding hydrogens is 487 g/mol. The van der Waals surface area contributed by atoms with Gasteiger partial charge in [0.05, 0.1) is 26.7 Å². The number of fused-ring (bicyclic) bond motifs is 4. The summed E-state index contributed by atoms with van der Waals surface area (Å²) in [6, 6.07) is 0. The van der Waals surface area contributed by atoms with Gasteiger partial charge in [-0.1, -0.05) is 126 Å². The molecule has 0 atom stereocenters. The van der Waals surface area contributed by atoms with Crippen molar-refractivity contribution in [3.05, 3.63) is 0 Å². The normalized spacial score (nSPS) is 32.3. The lowest BCUT2D eigenvalue weighted by Crippen LogP contribution is -3.00. The van der Waals surface area contributed by atoms with Crippen molar-refractivity contribution in [2.24, 2.45) is 0 Å². The molecule has 0 radical (unpaired) electrons. The van der Waals surface area contributed by atoms with E-state index in [1.165, 1.54) is 49.8 Å². The van der Waals surface area contributed by atoms with Crippen LogP contribution >= 0.6 is 0 Å². The zero-order valence-corrected chi connectivity index (χ0v) is 23.3. The van der Waals surface area contributed by atoms with Crippen molar-refractivity contribution in [3.8, 4) is 0 Å². The topological polar surface area (TPSA) is 0 Å². The summed E-state index contributed by atoms with van der Waals surface area (Å²) in [4.78, 5) is 0. The second-order valence-corrected chi connectivity index (χ2v) is 12.5. The van der Waals surface area contributed by atoms with Gasteiger partial charge < -0.3 is 28.5 Å². The van der Waals surface area contributed by atoms with Crippen LogP contribution in [0.2, 0.25) is 35.9 Å². The van der Waals surface area contributed by atoms with Gasteiger partial charge in [0.2, 0.25) is 0 Å². The summed E-state index contributed by atoms with van der Waals surface area (Å²) in [6.07, 6.45) is 27.6. The van der Waals surface area contributed by atoms with Gasteiger partial charge >= 0.3 is 0 Å². The second kappa shape index (κ2) is 13.1. The average Bonchev–Trinajstić information content (AvgIpc) is 2.72. The molecule has 0 N–H and O–H groups in total. The Hall–Kier alpha value is 0.820. The smallest absolute Gasteiger partial charge is 0.146 e. The van der Waals surface area contributed by atoms with Crippen molar-refractivity contribution in [1.29, 1.82) is 0 Å². The van der Waals surface area contributed by atoms with E-state index in [4.69, 9.17) is 0 Å². The summed E-state index contributed by atoms with van der Waals surface area (Å²) in [6.45, 7) is 8.96. The molecule has 178 valence electrons. The van der Waals surface area contributed by atoms with Crippen LogP contribution in [0.4, 0.5) is 0 Å². The van der Waals surface area contributed by atoms with E-state index in [0.29, 0.717) is 0 Å². The molecule has 0 unspecified atom stereocenters. The molecule has 0 aliphatic carbocycles. The molecule has 4 heteroatoms. The lowest BCUT2D eigenvalue weighted by Gasteiger charge is -2.42. The minimum Gasteiger partial charge on any atom is -1.00 e. The van der Waals surface area contributed by atoms with E-state index in [-0.39, 0.29) is 24.0 Å². The van der Waals surface area contributed by atoms with Gasteiger partial charge in [-0.3, -0.25) is 0 Å². The van der Waals surface area contributed by atoms with Gasteiger partial charge in [-0.15, -0.1) is 0 Å². The van der Waals surface area contributed by atoms with Gasteiger partial charge in [0.15, 0.2) is 0 Å². The largest absolute Gasteiger partial charge is 1.00 e. The molecule has 4 bridgehead atoms. The van der Waals surface area contributed by atoms with Crippen LogP contribution in [0.15, 0.2) is 0 Å². The van der Waals surface area contributed by atoms with Gasteiger partial charge in [-0.2, -0.15) is 0 Å². The summed E-state index contributed by atoms with van der Waals surface area (Å²) >= 11 is 0. The fourth-order valence-corrected chi connectivity index (χ4v) is 8.86. The number of unbranched alkanes of at least 4 members (excludes halogenated alkanes) is 1. The van der Waals surface area contributed by atoms with Crippen molar-refractivity contribution >= 4 is 13.4 Å². The highest BCUT2D eigenvalue weighted by atomic mass is 127. The standard InChI is InChI=1S/C27H52B2N.HI/c1-3-4-21-30(2,22-9-19-28-24-11-5-12-25(28)14-6-13-24)23-10-20-29-26-15-7-16-27(29)18-8-17-26;/h24-27H,3-23H2,1-2H3;1H/q+1;/p-1. The number of rotatable bonds is 11. The number of hydrogen-bond donors (Lipinski definition) is 0. The van der Waals surface area contributed by atoms with E-state index >= 15 is 0 Å². The highest BCUT2D eigenvalue weighted by molar-refractivity contribution is 6.63. The van der Waals surface area contributed by atoms with Crippen LogP contribution in [0, 0.1) is 0 Å². The highest BCUT2D eigenvalue weighted by Gasteiger charge is 2.40. The first kappa shape index (κ1) is 26.4. The first-order valence-electron chi connectivity index (χ1n) is 14.5. The minimum absolute atomic E-state index is 0. The summed E-state index contributed by atoms with van der Waals surface area (Å²) in [5.41, 5.74) is 0. The number of quaternary nitrogens is 1. The Balaban J connectivity index is 0.00000272. The van der Waals surface area contributed by atoms with Crippen molar-refractivity contribution in [2.45, 2.75) is 146 Å². The summed E-state index contributed by atoms with van der Waals surface area (Å²) < 4.78 is 1.39. The van der Waals surface area contributed by atoms with Gasteiger partial charge in [0.1, 0.15) is 13.4 Å². The van der Waals surface area contributed by atoms with Crippen LogP contribution in [-0.2, 0) is 0 Å². The Morgan fingerprint density at radius 3 is 1.23 bits per heavy atom. The molecule has 0 aromatic carbocycles. The molecule has 4 saturated heterocycles. The van der Waals surface area contributed by atoms with E-state index in [1.807, 2.05) is 0 Å². The first-order valence-corrected chi connectivity index (χ1v) is 14.5. The number of hydrogen-bond acceptors (Lipinski definition) is 0. The van der Waals surface area contributed by atoms with E-state index in [1.54, 1.807) is 89.7 Å². The fourth-order valence-electron chi connectivity index (χ4n) is 8.86. The Morgan fingerprint density at radius 1 is 0.581 bits per heavy atom. The number of halogens is 1. The van der Waals surface area contributed by atoms with Crippen molar-refractivity contribution in [2.75, 3.05) is 26.7 Å². The molecule has 4 aliphatic rings. The van der Waals surface area contributed by atoms with Crippen LogP contribution in [0.1, 0.15) is 110 Å². The lowest BCUT2D eigenvalue weighted by atomic mass is 9.26. The molecule has 4 rings (SSSR count). The van der Waals surface area contributed by atoms with Gasteiger partial charge in [-0.05, 0) is 19.3 Å². The van der Waals surface area contributed by atoms with Crippen molar-refractivity contribution < 1.29 is 28.5 Å². The summed E-state index contributed by atoms with van der Waals surface area (Å²) in [5, 5.41) is 0. The van der Waals surface area contributed by atoms with Crippen LogP contribution < -0.4 is 24.0 Å². The minimum atomic E-state index is 0. The van der Waals surface area contributed by atoms with Crippen LogP contribution in [-0.4, -0.2) is 44.6 Å². The van der Waals surface area contributed by atoms with Crippen LogP contribution in [0.25, 0.3) is 0 Å². The van der Waals surface area contributed by atoms with Crippen LogP contribution in [0.5, 0.6) is 0 Å². The maximum Gasteiger partial charge on any atom is 0.146 e. The summed E-state index contributed by atoms with van der Waals surface area (Å²) in [7, 11) is 2.62. The maximum absolute atomic E-state index is 2.62. The molecule has 4 heterocycles. The molecule has 0 aromatic rings. The Labute approximate surface area is 213 Å². The Bertz CT molecular complexity index is 433. The van der Waals surface area contributed by atoms with Gasteiger partial charge in [0.25, 0.3) is 0 Å². The highest BCUT2D eigenvalue weighted by Crippen LogP contribution is 2.49. The third-order valence-corrected chi connectivity index (χ3v) is 10.5. The Morgan fingerprint density at radius 2 is 0.903 bits per heavy atom. The zero-order chi connectivity index (χ0) is 20.8. The van der Waals surface area contributed by atoms with E-state index < -0.39 is 0 Å². The molecule has 0 aromatic heterocycles. The predicted molar refractivity (Wildman–Crippen MR) is 136 cm³/mol. The molecule has 0 saturated carbocycles. The number of nitrogens with zero attached hydrogens (tertiary/aromatic N) is 1. The second-order valence-electron chi connectivity index (χ2n) is 12.5. The van der Waals surface area contributed by atoms with Gasteiger partial charge in [-0.25, -0.2) is 0 Å². The fraction of sp³-hybridized carbons (Fsp3) is 1.00. The van der Waals surface area contributed by atoms with E-state index in [9.17, 15) is 0 Å². The molecule has 4 fully saturated rings. The summed E-state index contributed by atoms with van der Waals surface area (Å²) in [5.74, 6) is 4.44. The average molecular weight is 539 g/mol. The van der Waals surface area contributed by atoms with E-state index in [2.05, 4.69) is 14.0 Å². The molecule has 4 aliphatic heterocycles. The predicted octanol–water partition coefficient (Wildman–Crippen LogP) is 5.22. The third-order valence-electron chi connectivity index (χ3n) is 10.5. The van der Waals surface area contributed by atoms with Crippen LogP contribution in [0.3, 0.4) is 0 Å². The maximum atomic E-state index is 2.62. The first-order chi connectivity index (χ1) is 14.7. The SMILES string of the molecule is CCCC[N+](C)(CCCB1C2CCCC1CCC2)CCCB1C2CCCC1CCC2.[I-]. The molecular formula is C27H52B2IN. The molecule has 1 nitrogen and oxygen atoms in total.